The van der Waals surface area contributed by atoms with Gasteiger partial charge in [-0.1, -0.05) is 26.2 Å². The molecule has 0 aromatic heterocycles. The first kappa shape index (κ1) is 13.4. The zero-order valence-electron chi connectivity index (χ0n) is 9.04. The van der Waals surface area contributed by atoms with Crippen LogP contribution < -0.4 is 0 Å². The molecule has 1 aliphatic rings. The molecule has 1 atom stereocenters. The summed E-state index contributed by atoms with van der Waals surface area (Å²) >= 11 is 5.42. The highest BCUT2D eigenvalue weighted by molar-refractivity contribution is 6.19. The Morgan fingerprint density at radius 3 is 2.56 bits per heavy atom. The fraction of sp³-hybridized carbons (Fsp3) is 0.889. The van der Waals surface area contributed by atoms with E-state index in [1.807, 2.05) is 6.92 Å². The van der Waals surface area contributed by atoms with Gasteiger partial charge in [-0.3, -0.25) is 5.01 Å². The topological polar surface area (TPSA) is 18.8 Å². The third-order valence-electron chi connectivity index (χ3n) is 2.36. The van der Waals surface area contributed by atoms with Crippen LogP contribution in [0.1, 0.15) is 32.6 Å². The Kier molecular flexibility index (Phi) is 4.70. The molecule has 0 aromatic rings. The molecule has 1 unspecified atom stereocenters. The number of hydrogen-bond acceptors (Lipinski definition) is 3. The van der Waals surface area contributed by atoms with E-state index in [4.69, 9.17) is 11.8 Å². The molecular formula is C9H15ClF3N3. The van der Waals surface area contributed by atoms with Crippen LogP contribution in [0, 0.1) is 0 Å². The van der Waals surface area contributed by atoms with Crippen LogP contribution in [0.5, 0.6) is 0 Å². The van der Waals surface area contributed by atoms with Gasteiger partial charge < -0.3 is 0 Å². The van der Waals surface area contributed by atoms with E-state index in [0.717, 1.165) is 30.6 Å². The summed E-state index contributed by atoms with van der Waals surface area (Å²) in [6, 6.07) is 0. The number of nitrogens with zero attached hydrogens (tertiary/aromatic N) is 3. The van der Waals surface area contributed by atoms with E-state index in [2.05, 4.69) is 5.10 Å². The van der Waals surface area contributed by atoms with Gasteiger partial charge in [-0.05, 0) is 6.42 Å². The largest absolute Gasteiger partial charge is 0.430 e. The van der Waals surface area contributed by atoms with Crippen molar-refractivity contribution >= 4 is 18.1 Å². The molecule has 94 valence electrons. The number of unbranched alkanes of at least 4 members (excludes halogenated alkanes) is 3. The molecule has 1 heterocycles. The van der Waals surface area contributed by atoms with Crippen LogP contribution in [0.15, 0.2) is 5.10 Å². The smallest absolute Gasteiger partial charge is 0.263 e. The van der Waals surface area contributed by atoms with E-state index in [1.54, 1.807) is 0 Å². The van der Waals surface area contributed by atoms with Gasteiger partial charge in [0.25, 0.3) is 0 Å². The molecule has 0 aromatic carbocycles. The third kappa shape index (κ3) is 3.43. The van der Waals surface area contributed by atoms with Gasteiger partial charge in [-0.15, -0.1) is 0 Å². The summed E-state index contributed by atoms with van der Waals surface area (Å²) in [4.78, 5) is 0. The van der Waals surface area contributed by atoms with Gasteiger partial charge >= 0.3 is 6.18 Å². The highest BCUT2D eigenvalue weighted by Crippen LogP contribution is 2.31. The molecule has 0 N–H and O–H groups in total. The summed E-state index contributed by atoms with van der Waals surface area (Å²) in [5, 5.41) is 4.63. The van der Waals surface area contributed by atoms with E-state index < -0.39 is 12.3 Å². The van der Waals surface area contributed by atoms with Gasteiger partial charge in [-0.25, -0.2) is 4.42 Å². The minimum absolute atomic E-state index is 0.282. The lowest BCUT2D eigenvalue weighted by molar-refractivity contribution is -0.197. The standard InChI is InChI=1S/C9H15ClF3N3/c1-2-3-4-5-6-16-8(9(11,12)13)15(10)7-14-16/h7-8H,2-6H2,1H3. The predicted molar refractivity (Wildman–Crippen MR) is 56.9 cm³/mol. The van der Waals surface area contributed by atoms with Crippen LogP contribution in [0.4, 0.5) is 13.2 Å². The van der Waals surface area contributed by atoms with Gasteiger partial charge in [0.05, 0.1) is 0 Å². The zero-order chi connectivity index (χ0) is 12.2. The molecular weight excluding hydrogens is 243 g/mol. The number of halogens is 4. The van der Waals surface area contributed by atoms with E-state index >= 15 is 0 Å². The molecule has 0 bridgehead atoms. The quantitative estimate of drug-likeness (QED) is 0.556. The maximum absolute atomic E-state index is 12.6. The average molecular weight is 258 g/mol. The second-order valence-electron chi connectivity index (χ2n) is 3.71. The Morgan fingerprint density at radius 2 is 2.00 bits per heavy atom. The Labute approximate surface area is 97.9 Å². The van der Waals surface area contributed by atoms with Gasteiger partial charge in [0, 0.05) is 18.3 Å². The highest BCUT2D eigenvalue weighted by atomic mass is 35.5. The molecule has 0 saturated heterocycles. The fourth-order valence-electron chi connectivity index (χ4n) is 1.56. The lowest BCUT2D eigenvalue weighted by Crippen LogP contribution is -2.47. The number of rotatable bonds is 5. The summed E-state index contributed by atoms with van der Waals surface area (Å²) in [6.07, 6.45) is -1.52. The van der Waals surface area contributed by atoms with Crippen molar-refractivity contribution in [3.63, 3.8) is 0 Å². The van der Waals surface area contributed by atoms with Gasteiger partial charge in [0.1, 0.15) is 6.34 Å². The average Bonchev–Trinajstić information content (AvgIpc) is 2.54. The first-order valence-corrected chi connectivity index (χ1v) is 5.62. The fourth-order valence-corrected chi connectivity index (χ4v) is 1.81. The Bertz CT molecular complexity index is 245. The van der Waals surface area contributed by atoms with Gasteiger partial charge in [-0.2, -0.15) is 18.3 Å². The number of hydrazone groups is 1. The maximum Gasteiger partial charge on any atom is 0.430 e. The van der Waals surface area contributed by atoms with Crippen LogP contribution in [-0.2, 0) is 0 Å². The summed E-state index contributed by atoms with van der Waals surface area (Å²) in [5.74, 6) is 0. The molecule has 0 spiro atoms. The molecule has 0 aliphatic carbocycles. The first-order valence-electron chi connectivity index (χ1n) is 5.28. The zero-order valence-corrected chi connectivity index (χ0v) is 9.80. The van der Waals surface area contributed by atoms with Crippen molar-refractivity contribution in [2.24, 2.45) is 5.10 Å². The molecule has 3 nitrogen and oxygen atoms in total. The van der Waals surface area contributed by atoms with E-state index in [9.17, 15) is 13.2 Å². The van der Waals surface area contributed by atoms with Crippen LogP contribution in [-0.4, -0.2) is 34.7 Å². The molecule has 1 aliphatic heterocycles. The van der Waals surface area contributed by atoms with Crippen LogP contribution in [0.2, 0.25) is 0 Å². The molecule has 0 amide bonds. The lowest BCUT2D eigenvalue weighted by atomic mass is 10.2. The van der Waals surface area contributed by atoms with E-state index in [-0.39, 0.29) is 6.54 Å². The van der Waals surface area contributed by atoms with Crippen LogP contribution >= 0.6 is 11.8 Å². The van der Waals surface area contributed by atoms with Crippen molar-refractivity contribution in [1.82, 2.24) is 9.43 Å². The van der Waals surface area contributed by atoms with Crippen molar-refractivity contribution in [2.75, 3.05) is 6.54 Å². The molecule has 16 heavy (non-hydrogen) atoms. The van der Waals surface area contributed by atoms with Crippen molar-refractivity contribution in [3.8, 4) is 0 Å². The Balaban J connectivity index is 2.43. The van der Waals surface area contributed by atoms with Gasteiger partial charge in [0.2, 0.25) is 6.17 Å². The predicted octanol–water partition coefficient (Wildman–Crippen LogP) is 3.17. The van der Waals surface area contributed by atoms with Crippen molar-refractivity contribution in [1.29, 1.82) is 0 Å². The van der Waals surface area contributed by atoms with Crippen molar-refractivity contribution in [3.05, 3.63) is 0 Å². The maximum atomic E-state index is 12.6. The molecule has 0 fully saturated rings. The van der Waals surface area contributed by atoms with E-state index in [1.165, 1.54) is 0 Å². The van der Waals surface area contributed by atoms with Crippen LogP contribution in [0.25, 0.3) is 0 Å². The summed E-state index contributed by atoms with van der Waals surface area (Å²) in [7, 11) is 0. The third-order valence-corrected chi connectivity index (χ3v) is 2.63. The summed E-state index contributed by atoms with van der Waals surface area (Å²) in [6.45, 7) is 2.33. The Hall–Kier alpha value is -0.650. The minimum Gasteiger partial charge on any atom is -0.263 e. The number of alkyl halides is 3. The van der Waals surface area contributed by atoms with Gasteiger partial charge in [0.15, 0.2) is 0 Å². The molecule has 0 radical (unpaired) electrons. The summed E-state index contributed by atoms with van der Waals surface area (Å²) in [5.41, 5.74) is 0. The van der Waals surface area contributed by atoms with Crippen molar-refractivity contribution < 1.29 is 13.2 Å². The molecule has 0 saturated carbocycles. The number of hydrogen-bond donors (Lipinski definition) is 0. The Morgan fingerprint density at radius 1 is 1.31 bits per heavy atom. The monoisotopic (exact) mass is 257 g/mol. The SMILES string of the molecule is CCCCCCN1N=CN(Cl)C1C(F)(F)F. The second kappa shape index (κ2) is 5.61. The normalized spacial score (nSPS) is 20.9. The van der Waals surface area contributed by atoms with Crippen molar-refractivity contribution in [2.45, 2.75) is 44.9 Å². The molecule has 1 rings (SSSR count). The van der Waals surface area contributed by atoms with Crippen LogP contribution in [0.3, 0.4) is 0 Å². The summed E-state index contributed by atoms with van der Waals surface area (Å²) < 4.78 is 38.3. The van der Waals surface area contributed by atoms with E-state index in [0.29, 0.717) is 10.8 Å². The lowest BCUT2D eigenvalue weighted by Gasteiger charge is -2.28. The minimum atomic E-state index is -4.39. The first-order chi connectivity index (χ1) is 7.46. The highest BCUT2D eigenvalue weighted by Gasteiger charge is 2.49. The second-order valence-corrected chi connectivity index (χ2v) is 4.10. The molecule has 7 heteroatoms.